The first-order valence-corrected chi connectivity index (χ1v) is 7.48. The molecule has 2 heteroatoms. The van der Waals surface area contributed by atoms with Gasteiger partial charge in [0.25, 0.3) is 0 Å². The Morgan fingerprint density at radius 1 is 1.18 bits per heavy atom. The highest BCUT2D eigenvalue weighted by Crippen LogP contribution is 2.41. The van der Waals surface area contributed by atoms with Crippen molar-refractivity contribution in [3.8, 4) is 0 Å². The first-order valence-electron chi connectivity index (χ1n) is 7.48. The zero-order chi connectivity index (χ0) is 12.3. The Hall–Kier alpha value is -0.0800. The molecule has 98 valence electrons. The molecule has 1 saturated heterocycles. The minimum atomic E-state index is 0.431. The standard InChI is InChI=1S/C15H28N2/c1-4-5-11-16-12-15(9-7-6-8-10-15)17(13-16)14(2)3/h14H,4-12H2,1-3H3. The summed E-state index contributed by atoms with van der Waals surface area (Å²) >= 11 is 0. The van der Waals surface area contributed by atoms with Crippen LogP contribution in [0.5, 0.6) is 0 Å². The molecule has 0 atom stereocenters. The smallest absolute Gasteiger partial charge is 0.147 e. The highest BCUT2D eigenvalue weighted by atomic mass is 15.4. The van der Waals surface area contributed by atoms with Gasteiger partial charge < -0.3 is 0 Å². The van der Waals surface area contributed by atoms with Crippen molar-refractivity contribution in [1.82, 2.24) is 9.80 Å². The number of unbranched alkanes of at least 4 members (excludes halogenated alkanes) is 1. The average molecular weight is 236 g/mol. The van der Waals surface area contributed by atoms with E-state index in [1.165, 1.54) is 58.0 Å². The second kappa shape index (κ2) is 5.71. The quantitative estimate of drug-likeness (QED) is 0.737. The molecule has 1 saturated carbocycles. The van der Waals surface area contributed by atoms with E-state index < -0.39 is 0 Å². The predicted molar refractivity (Wildman–Crippen MR) is 72.5 cm³/mol. The van der Waals surface area contributed by atoms with Crippen LogP contribution < -0.4 is 0 Å². The van der Waals surface area contributed by atoms with Crippen molar-refractivity contribution in [3.63, 3.8) is 0 Å². The van der Waals surface area contributed by atoms with Crippen molar-refractivity contribution < 1.29 is 0 Å². The third-order valence-electron chi connectivity index (χ3n) is 4.33. The lowest BCUT2D eigenvalue weighted by atomic mass is 9.80. The monoisotopic (exact) mass is 236 g/mol. The molecular formula is C15H28N2. The summed E-state index contributed by atoms with van der Waals surface area (Å²) in [5.74, 6) is 0. The van der Waals surface area contributed by atoms with Gasteiger partial charge in [-0.25, -0.2) is 0 Å². The van der Waals surface area contributed by atoms with Crippen LogP contribution in [0.25, 0.3) is 0 Å². The van der Waals surface area contributed by atoms with Crippen molar-refractivity contribution in [3.05, 3.63) is 6.67 Å². The van der Waals surface area contributed by atoms with Crippen molar-refractivity contribution in [1.29, 1.82) is 0 Å². The number of hydrogen-bond donors (Lipinski definition) is 0. The molecule has 17 heavy (non-hydrogen) atoms. The minimum absolute atomic E-state index is 0.431. The molecule has 1 aliphatic carbocycles. The lowest BCUT2D eigenvalue weighted by Gasteiger charge is -2.42. The fraction of sp³-hybridized carbons (Fsp3) is 0.933. The summed E-state index contributed by atoms with van der Waals surface area (Å²) in [4.78, 5) is 5.00. The fourth-order valence-electron chi connectivity index (χ4n) is 3.48. The van der Waals surface area contributed by atoms with Gasteiger partial charge in [-0.05, 0) is 33.1 Å². The summed E-state index contributed by atoms with van der Waals surface area (Å²) in [6.07, 6.45) is 9.59. The number of nitrogens with zero attached hydrogens (tertiary/aromatic N) is 2. The summed E-state index contributed by atoms with van der Waals surface area (Å²) in [6.45, 7) is 13.0. The van der Waals surface area contributed by atoms with Gasteiger partial charge in [0, 0.05) is 24.7 Å². The molecule has 1 heterocycles. The average Bonchev–Trinajstić information content (AvgIpc) is 2.66. The van der Waals surface area contributed by atoms with Crippen LogP contribution in [-0.4, -0.2) is 34.5 Å². The summed E-state index contributed by atoms with van der Waals surface area (Å²) in [5, 5.41) is 0. The third kappa shape index (κ3) is 2.85. The molecule has 1 aliphatic heterocycles. The van der Waals surface area contributed by atoms with E-state index in [2.05, 4.69) is 37.2 Å². The lowest BCUT2D eigenvalue weighted by Crippen LogP contribution is -2.49. The molecule has 2 nitrogen and oxygen atoms in total. The highest BCUT2D eigenvalue weighted by molar-refractivity contribution is 5.05. The maximum absolute atomic E-state index is 3.65. The largest absolute Gasteiger partial charge is 0.278 e. The van der Waals surface area contributed by atoms with Crippen LogP contribution in [0.4, 0.5) is 0 Å². The van der Waals surface area contributed by atoms with Gasteiger partial charge in [-0.3, -0.25) is 9.80 Å². The van der Waals surface area contributed by atoms with Gasteiger partial charge in [0.05, 0.1) is 0 Å². The molecule has 2 fully saturated rings. The van der Waals surface area contributed by atoms with Crippen molar-refractivity contribution in [2.24, 2.45) is 0 Å². The molecule has 0 amide bonds. The van der Waals surface area contributed by atoms with E-state index in [4.69, 9.17) is 0 Å². The van der Waals surface area contributed by atoms with Gasteiger partial charge in [-0.2, -0.15) is 0 Å². The maximum atomic E-state index is 3.65. The van der Waals surface area contributed by atoms with Gasteiger partial charge in [-0.15, -0.1) is 0 Å². The Kier molecular flexibility index (Phi) is 4.48. The van der Waals surface area contributed by atoms with E-state index in [0.29, 0.717) is 11.6 Å². The maximum Gasteiger partial charge on any atom is 0.147 e. The van der Waals surface area contributed by atoms with Gasteiger partial charge in [-0.1, -0.05) is 32.6 Å². The first-order chi connectivity index (χ1) is 8.18. The van der Waals surface area contributed by atoms with Crippen molar-refractivity contribution >= 4 is 0 Å². The zero-order valence-corrected chi connectivity index (χ0v) is 11.8. The molecule has 0 aromatic carbocycles. The van der Waals surface area contributed by atoms with Crippen LogP contribution in [-0.2, 0) is 0 Å². The van der Waals surface area contributed by atoms with E-state index >= 15 is 0 Å². The van der Waals surface area contributed by atoms with Crippen molar-refractivity contribution in [2.45, 2.75) is 77.3 Å². The van der Waals surface area contributed by atoms with E-state index in [9.17, 15) is 0 Å². The van der Waals surface area contributed by atoms with Gasteiger partial charge in [0.15, 0.2) is 0 Å². The summed E-state index contributed by atoms with van der Waals surface area (Å²) in [7, 11) is 0. The molecule has 0 bridgehead atoms. The summed E-state index contributed by atoms with van der Waals surface area (Å²) < 4.78 is 0. The molecule has 0 aromatic rings. The van der Waals surface area contributed by atoms with E-state index in [1.807, 2.05) is 0 Å². The molecule has 2 rings (SSSR count). The van der Waals surface area contributed by atoms with Crippen LogP contribution in [0.3, 0.4) is 0 Å². The second-order valence-corrected chi connectivity index (χ2v) is 6.12. The molecule has 0 N–H and O–H groups in total. The molecule has 2 aliphatic rings. The van der Waals surface area contributed by atoms with Crippen LogP contribution in [0.1, 0.15) is 65.7 Å². The second-order valence-electron chi connectivity index (χ2n) is 6.12. The van der Waals surface area contributed by atoms with E-state index in [1.54, 1.807) is 0 Å². The Bertz CT molecular complexity index is 231. The number of hydrogen-bond acceptors (Lipinski definition) is 2. The fourth-order valence-corrected chi connectivity index (χ4v) is 3.48. The highest BCUT2D eigenvalue weighted by Gasteiger charge is 2.46. The van der Waals surface area contributed by atoms with E-state index in [0.717, 1.165) is 0 Å². The zero-order valence-electron chi connectivity index (χ0n) is 11.8. The Balaban J connectivity index is 2.01. The van der Waals surface area contributed by atoms with Crippen LogP contribution >= 0.6 is 0 Å². The first kappa shape index (κ1) is 13.4. The SMILES string of the molecule is CCCCN1[C]N(C(C)C)C2(CCCCC2)C1. The van der Waals surface area contributed by atoms with Gasteiger partial charge >= 0.3 is 0 Å². The molecule has 0 aromatic heterocycles. The lowest BCUT2D eigenvalue weighted by molar-refractivity contribution is 0.0930. The van der Waals surface area contributed by atoms with Crippen molar-refractivity contribution in [2.75, 3.05) is 13.1 Å². The number of rotatable bonds is 4. The summed E-state index contributed by atoms with van der Waals surface area (Å²) in [6, 6.07) is 0.597. The topological polar surface area (TPSA) is 6.48 Å². The van der Waals surface area contributed by atoms with Crippen LogP contribution in [0.15, 0.2) is 0 Å². The Morgan fingerprint density at radius 3 is 2.47 bits per heavy atom. The predicted octanol–water partition coefficient (Wildman–Crippen LogP) is 3.51. The molecular weight excluding hydrogens is 208 g/mol. The molecule has 2 radical (unpaired) electrons. The van der Waals surface area contributed by atoms with E-state index in [-0.39, 0.29) is 0 Å². The van der Waals surface area contributed by atoms with Crippen LogP contribution in [0.2, 0.25) is 0 Å². The Labute approximate surface area is 107 Å². The van der Waals surface area contributed by atoms with Crippen LogP contribution in [0, 0.1) is 6.67 Å². The normalized spacial score (nSPS) is 26.1. The van der Waals surface area contributed by atoms with Gasteiger partial charge in [0.1, 0.15) is 6.67 Å². The minimum Gasteiger partial charge on any atom is -0.278 e. The summed E-state index contributed by atoms with van der Waals surface area (Å²) in [5.41, 5.74) is 0.431. The third-order valence-corrected chi connectivity index (χ3v) is 4.33. The Morgan fingerprint density at radius 2 is 1.88 bits per heavy atom. The molecule has 1 spiro atoms. The van der Waals surface area contributed by atoms with Gasteiger partial charge in [0.2, 0.25) is 0 Å². The molecule has 0 unspecified atom stereocenters.